The zero-order valence-electron chi connectivity index (χ0n) is 10.0. The summed E-state index contributed by atoms with van der Waals surface area (Å²) in [5.41, 5.74) is 0. The molecule has 1 saturated heterocycles. The van der Waals surface area contributed by atoms with Crippen LogP contribution in [0.1, 0.15) is 6.42 Å². The Hall–Kier alpha value is -1.40. The molecule has 1 amide bonds. The number of aliphatic hydroxyl groups is 1. The maximum Gasteiger partial charge on any atom is 0.328 e. The molecule has 0 saturated carbocycles. The smallest absolute Gasteiger partial charge is 0.328 e. The number of carboxylic acids is 1. The van der Waals surface area contributed by atoms with Crippen LogP contribution in [0.4, 0.5) is 0 Å². The van der Waals surface area contributed by atoms with Crippen LogP contribution in [-0.4, -0.2) is 71.2 Å². The highest BCUT2D eigenvalue weighted by atomic mass is 16.4. The zero-order valence-corrected chi connectivity index (χ0v) is 10.0. The first-order chi connectivity index (χ1) is 7.90. The molecule has 1 fully saturated rings. The molecule has 2 atom stereocenters. The molecule has 0 spiro atoms. The predicted octanol–water partition coefficient (Wildman–Crippen LogP) is -0.849. The Morgan fingerprint density at radius 3 is 2.59 bits per heavy atom. The highest BCUT2D eigenvalue weighted by Gasteiger charge is 2.33. The van der Waals surface area contributed by atoms with Crippen molar-refractivity contribution in [1.29, 1.82) is 0 Å². The molecule has 0 aliphatic carbocycles. The topological polar surface area (TPSA) is 81.1 Å². The highest BCUT2D eigenvalue weighted by molar-refractivity contribution is 5.94. The molecule has 0 bridgehead atoms. The number of β-amino-alcohol motifs (C(OH)–C–C–N with tert-alkyl or cyclic N) is 1. The van der Waals surface area contributed by atoms with E-state index in [9.17, 15) is 14.7 Å². The molecule has 0 aromatic carbocycles. The van der Waals surface area contributed by atoms with Crippen molar-refractivity contribution < 1.29 is 19.8 Å². The van der Waals surface area contributed by atoms with E-state index in [1.54, 1.807) is 0 Å². The number of hydrogen-bond acceptors (Lipinski definition) is 4. The second-order valence-electron chi connectivity index (χ2n) is 4.47. The third-order valence-electron chi connectivity index (χ3n) is 2.62. The standard InChI is InChI=1S/C11H18N2O4/c1-12(2)6-8-5-9(14)7-13(8)10(15)3-4-11(16)17/h3-4,8-9,14H,5-7H2,1-2H3,(H,16,17). The summed E-state index contributed by atoms with van der Waals surface area (Å²) in [5, 5.41) is 18.0. The number of amides is 1. The van der Waals surface area contributed by atoms with Gasteiger partial charge in [-0.3, -0.25) is 4.79 Å². The quantitative estimate of drug-likeness (QED) is 0.628. The van der Waals surface area contributed by atoms with Crippen LogP contribution >= 0.6 is 0 Å². The number of carboxylic acid groups (broad SMARTS) is 1. The van der Waals surface area contributed by atoms with Crippen molar-refractivity contribution in [2.24, 2.45) is 0 Å². The average molecular weight is 242 g/mol. The van der Waals surface area contributed by atoms with Crippen molar-refractivity contribution in [3.63, 3.8) is 0 Å². The molecular formula is C11H18N2O4. The Morgan fingerprint density at radius 1 is 1.41 bits per heavy atom. The first kappa shape index (κ1) is 13.7. The first-order valence-corrected chi connectivity index (χ1v) is 5.44. The number of aliphatic carboxylic acids is 1. The molecule has 6 heteroatoms. The van der Waals surface area contributed by atoms with Gasteiger partial charge >= 0.3 is 5.97 Å². The molecule has 0 aromatic heterocycles. The summed E-state index contributed by atoms with van der Waals surface area (Å²) in [6.45, 7) is 0.922. The number of carbonyl (C=O) groups is 2. The monoisotopic (exact) mass is 242 g/mol. The molecule has 6 nitrogen and oxygen atoms in total. The molecule has 2 N–H and O–H groups in total. The van der Waals surface area contributed by atoms with Crippen molar-refractivity contribution in [3.8, 4) is 0 Å². The van der Waals surface area contributed by atoms with Crippen molar-refractivity contribution in [1.82, 2.24) is 9.80 Å². The molecule has 2 unspecified atom stereocenters. The van der Waals surface area contributed by atoms with Gasteiger partial charge in [-0.2, -0.15) is 0 Å². The Kier molecular flexibility index (Phi) is 4.65. The Labute approximate surface area is 100 Å². The van der Waals surface area contributed by atoms with Gasteiger partial charge in [-0.15, -0.1) is 0 Å². The first-order valence-electron chi connectivity index (χ1n) is 5.44. The van der Waals surface area contributed by atoms with Crippen LogP contribution in [0.2, 0.25) is 0 Å². The minimum atomic E-state index is -1.15. The third-order valence-corrected chi connectivity index (χ3v) is 2.62. The minimum absolute atomic E-state index is 0.0639. The Balaban J connectivity index is 2.66. The molecule has 96 valence electrons. The van der Waals surface area contributed by atoms with Gasteiger partial charge < -0.3 is 20.0 Å². The lowest BCUT2D eigenvalue weighted by Gasteiger charge is -2.25. The minimum Gasteiger partial charge on any atom is -0.478 e. The van der Waals surface area contributed by atoms with Crippen molar-refractivity contribution in [2.45, 2.75) is 18.6 Å². The van der Waals surface area contributed by atoms with Crippen LogP contribution < -0.4 is 0 Å². The second-order valence-corrected chi connectivity index (χ2v) is 4.47. The SMILES string of the molecule is CN(C)CC1CC(O)CN1C(=O)C=CC(=O)O. The molecule has 1 rings (SSSR count). The van der Waals surface area contributed by atoms with Gasteiger partial charge in [0.15, 0.2) is 0 Å². The van der Waals surface area contributed by atoms with E-state index in [2.05, 4.69) is 0 Å². The maximum absolute atomic E-state index is 11.7. The molecule has 0 radical (unpaired) electrons. The maximum atomic E-state index is 11.7. The average Bonchev–Trinajstić information content (AvgIpc) is 2.54. The highest BCUT2D eigenvalue weighted by Crippen LogP contribution is 2.18. The number of nitrogens with zero attached hydrogens (tertiary/aromatic N) is 2. The van der Waals surface area contributed by atoms with Gasteiger partial charge in [-0.25, -0.2) is 4.79 Å². The lowest BCUT2D eigenvalue weighted by atomic mass is 10.2. The van der Waals surface area contributed by atoms with E-state index in [1.165, 1.54) is 4.90 Å². The predicted molar refractivity (Wildman–Crippen MR) is 61.5 cm³/mol. The molecule has 1 heterocycles. The van der Waals surface area contributed by atoms with Crippen LogP contribution in [0.15, 0.2) is 12.2 Å². The van der Waals surface area contributed by atoms with Crippen molar-refractivity contribution in [3.05, 3.63) is 12.2 Å². The van der Waals surface area contributed by atoms with Crippen LogP contribution in [0.5, 0.6) is 0 Å². The van der Waals surface area contributed by atoms with Crippen molar-refractivity contribution in [2.75, 3.05) is 27.2 Å². The van der Waals surface area contributed by atoms with Gasteiger partial charge in [-0.05, 0) is 20.5 Å². The number of carbonyl (C=O) groups excluding carboxylic acids is 1. The largest absolute Gasteiger partial charge is 0.478 e. The van der Waals surface area contributed by atoms with Crippen LogP contribution in [0.3, 0.4) is 0 Å². The zero-order chi connectivity index (χ0) is 13.0. The summed E-state index contributed by atoms with van der Waals surface area (Å²) in [5.74, 6) is -1.52. The molecule has 1 aliphatic rings. The second kappa shape index (κ2) is 5.79. The van der Waals surface area contributed by atoms with E-state index in [4.69, 9.17) is 5.11 Å². The Morgan fingerprint density at radius 2 is 2.06 bits per heavy atom. The molecule has 1 aliphatic heterocycles. The number of hydrogen-bond donors (Lipinski definition) is 2. The normalized spacial score (nSPS) is 24.8. The van der Waals surface area contributed by atoms with Gasteiger partial charge in [0.25, 0.3) is 0 Å². The van der Waals surface area contributed by atoms with E-state index in [-0.39, 0.29) is 18.5 Å². The number of likely N-dealkylation sites (tertiary alicyclic amines) is 1. The lowest BCUT2D eigenvalue weighted by Crippen LogP contribution is -2.40. The van der Waals surface area contributed by atoms with Gasteiger partial charge in [0.05, 0.1) is 6.10 Å². The Bertz CT molecular complexity index is 327. The molecule has 17 heavy (non-hydrogen) atoms. The van der Waals surface area contributed by atoms with Gasteiger partial charge in [0.1, 0.15) is 0 Å². The fraction of sp³-hybridized carbons (Fsp3) is 0.636. The number of likely N-dealkylation sites (N-methyl/N-ethyl adjacent to an activating group) is 1. The van der Waals surface area contributed by atoms with Gasteiger partial charge in [0.2, 0.25) is 5.91 Å². The summed E-state index contributed by atoms with van der Waals surface area (Å²) in [6, 6.07) is -0.0639. The fourth-order valence-corrected chi connectivity index (χ4v) is 1.99. The fourth-order valence-electron chi connectivity index (χ4n) is 1.99. The van der Waals surface area contributed by atoms with Crippen LogP contribution in [-0.2, 0) is 9.59 Å². The lowest BCUT2D eigenvalue weighted by molar-refractivity contribution is -0.132. The molecular weight excluding hydrogens is 224 g/mol. The summed E-state index contributed by atoms with van der Waals surface area (Å²) < 4.78 is 0. The van der Waals surface area contributed by atoms with Gasteiger partial charge in [-0.1, -0.05) is 0 Å². The van der Waals surface area contributed by atoms with E-state index < -0.39 is 12.1 Å². The van der Waals surface area contributed by atoms with Crippen LogP contribution in [0, 0.1) is 0 Å². The number of aliphatic hydroxyl groups excluding tert-OH is 1. The number of rotatable bonds is 4. The van der Waals surface area contributed by atoms with Crippen molar-refractivity contribution >= 4 is 11.9 Å². The van der Waals surface area contributed by atoms with E-state index in [0.29, 0.717) is 13.0 Å². The van der Waals surface area contributed by atoms with E-state index in [0.717, 1.165) is 12.2 Å². The van der Waals surface area contributed by atoms with Gasteiger partial charge in [0, 0.05) is 31.3 Å². The summed E-state index contributed by atoms with van der Waals surface area (Å²) >= 11 is 0. The van der Waals surface area contributed by atoms with E-state index >= 15 is 0 Å². The van der Waals surface area contributed by atoms with E-state index in [1.807, 2.05) is 19.0 Å². The summed E-state index contributed by atoms with van der Waals surface area (Å²) in [7, 11) is 3.78. The summed E-state index contributed by atoms with van der Waals surface area (Å²) in [4.78, 5) is 25.5. The molecule has 0 aromatic rings. The third kappa shape index (κ3) is 4.16. The summed E-state index contributed by atoms with van der Waals surface area (Å²) in [6.07, 6.45) is 1.86. The van der Waals surface area contributed by atoms with Crippen LogP contribution in [0.25, 0.3) is 0 Å².